The molecule has 0 fully saturated rings. The van der Waals surface area contributed by atoms with E-state index in [0.29, 0.717) is 17.9 Å². The van der Waals surface area contributed by atoms with E-state index in [2.05, 4.69) is 27.4 Å². The largest absolute Gasteiger partial charge is 0.367 e. The lowest BCUT2D eigenvalue weighted by molar-refractivity contribution is 0.101. The number of anilines is 2. The van der Waals surface area contributed by atoms with Gasteiger partial charge in [0.2, 0.25) is 5.43 Å². The van der Waals surface area contributed by atoms with Gasteiger partial charge in [-0.25, -0.2) is 9.07 Å². The van der Waals surface area contributed by atoms with Crippen LogP contribution in [0.25, 0.3) is 5.69 Å². The highest BCUT2D eigenvalue weighted by Gasteiger charge is 2.21. The fourth-order valence-corrected chi connectivity index (χ4v) is 4.31. The Bertz CT molecular complexity index is 1450. The maximum atomic E-state index is 14.3. The van der Waals surface area contributed by atoms with Crippen LogP contribution in [0.4, 0.5) is 15.8 Å². The third-order valence-corrected chi connectivity index (χ3v) is 6.01. The summed E-state index contributed by atoms with van der Waals surface area (Å²) in [5.41, 5.74) is 3.81. The highest BCUT2D eigenvalue weighted by Crippen LogP contribution is 2.30. The van der Waals surface area contributed by atoms with Crippen LogP contribution >= 0.6 is 0 Å². The smallest absolute Gasteiger partial charge is 0.280 e. The molecule has 1 aliphatic rings. The van der Waals surface area contributed by atoms with Crippen LogP contribution in [0, 0.1) is 12.7 Å². The fraction of sp³-hybridized carbons (Fsp3) is 0.148. The zero-order valence-corrected chi connectivity index (χ0v) is 18.7. The van der Waals surface area contributed by atoms with Gasteiger partial charge in [0.1, 0.15) is 11.5 Å². The monoisotopic (exact) mass is 454 g/mol. The van der Waals surface area contributed by atoms with Gasteiger partial charge < -0.3 is 10.2 Å². The van der Waals surface area contributed by atoms with Crippen molar-refractivity contribution in [3.05, 3.63) is 117 Å². The molecule has 170 valence electrons. The minimum absolute atomic E-state index is 0.169. The van der Waals surface area contributed by atoms with Crippen LogP contribution in [0.5, 0.6) is 0 Å². The molecule has 7 heteroatoms. The number of hydrogen-bond donors (Lipinski definition) is 1. The molecule has 4 aromatic rings. The number of nitrogens with one attached hydrogen (secondary N) is 1. The second-order valence-electron chi connectivity index (χ2n) is 8.27. The molecule has 0 unspecified atom stereocenters. The van der Waals surface area contributed by atoms with Crippen LogP contribution in [0.1, 0.15) is 27.3 Å². The Balaban J connectivity index is 1.43. The second kappa shape index (κ2) is 8.94. The van der Waals surface area contributed by atoms with Crippen molar-refractivity contribution in [1.29, 1.82) is 0 Å². The molecule has 34 heavy (non-hydrogen) atoms. The van der Waals surface area contributed by atoms with Gasteiger partial charge in [-0.05, 0) is 48.7 Å². The molecule has 1 N–H and O–H groups in total. The molecule has 0 atom stereocenters. The molecule has 0 radical (unpaired) electrons. The van der Waals surface area contributed by atoms with E-state index in [4.69, 9.17) is 0 Å². The Kier molecular flexibility index (Phi) is 5.67. The number of carbonyl (C=O) groups excluding carboxylic acids is 1. The normalized spacial score (nSPS) is 12.5. The van der Waals surface area contributed by atoms with Crippen LogP contribution in [-0.2, 0) is 13.0 Å². The number of rotatable bonds is 5. The lowest BCUT2D eigenvalue weighted by Gasteiger charge is -2.21. The summed E-state index contributed by atoms with van der Waals surface area (Å²) < 4.78 is 15.6. The first kappa shape index (κ1) is 21.6. The number of benzene rings is 3. The number of halogens is 1. The molecule has 0 spiro atoms. The number of nitrogens with zero attached hydrogens (tertiary/aromatic N) is 3. The SMILES string of the molecule is Cc1cc(=O)c(C(=O)Nc2ccccc2CN2CCc3ccccc32)nn1-c1ccccc1F. The summed E-state index contributed by atoms with van der Waals surface area (Å²) in [6.45, 7) is 3.16. The van der Waals surface area contributed by atoms with Gasteiger partial charge in [0, 0.05) is 36.2 Å². The topological polar surface area (TPSA) is 67.2 Å². The lowest BCUT2D eigenvalue weighted by atomic mass is 10.1. The predicted octanol–water partition coefficient (Wildman–Crippen LogP) is 4.50. The van der Waals surface area contributed by atoms with Gasteiger partial charge in [0.05, 0.1) is 0 Å². The zero-order chi connectivity index (χ0) is 23.7. The second-order valence-corrected chi connectivity index (χ2v) is 8.27. The molecule has 0 aliphatic carbocycles. The van der Waals surface area contributed by atoms with Crippen LogP contribution < -0.4 is 15.6 Å². The molecule has 1 amide bonds. The number of aromatic nitrogens is 2. The average molecular weight is 455 g/mol. The Labute approximate surface area is 196 Å². The predicted molar refractivity (Wildman–Crippen MR) is 130 cm³/mol. The molecule has 0 saturated carbocycles. The number of hydrogen-bond acceptors (Lipinski definition) is 4. The molecule has 1 aromatic heterocycles. The van der Waals surface area contributed by atoms with Crippen LogP contribution in [0.2, 0.25) is 0 Å². The third kappa shape index (κ3) is 4.08. The number of amides is 1. The van der Waals surface area contributed by atoms with E-state index < -0.39 is 17.2 Å². The number of carbonyl (C=O) groups is 1. The summed E-state index contributed by atoms with van der Waals surface area (Å²) in [7, 11) is 0. The lowest BCUT2D eigenvalue weighted by Crippen LogP contribution is -2.28. The summed E-state index contributed by atoms with van der Waals surface area (Å²) in [5.74, 6) is -1.13. The number of fused-ring (bicyclic) bond motifs is 1. The Hall–Kier alpha value is -4.26. The van der Waals surface area contributed by atoms with E-state index in [0.717, 1.165) is 18.5 Å². The van der Waals surface area contributed by atoms with Gasteiger partial charge >= 0.3 is 0 Å². The van der Waals surface area contributed by atoms with Gasteiger partial charge in [-0.1, -0.05) is 48.5 Å². The van der Waals surface area contributed by atoms with Crippen molar-refractivity contribution in [3.63, 3.8) is 0 Å². The summed E-state index contributed by atoms with van der Waals surface area (Å²) in [6, 6.07) is 23.2. The molecular formula is C27H23FN4O2. The van der Waals surface area contributed by atoms with Gasteiger partial charge in [-0.2, -0.15) is 5.10 Å². The van der Waals surface area contributed by atoms with Crippen molar-refractivity contribution in [1.82, 2.24) is 9.78 Å². The molecule has 3 aromatic carbocycles. The van der Waals surface area contributed by atoms with Crippen LogP contribution in [-0.4, -0.2) is 22.2 Å². The molecule has 2 heterocycles. The van der Waals surface area contributed by atoms with Gasteiger partial charge in [0.25, 0.3) is 5.91 Å². The van der Waals surface area contributed by atoms with Crippen molar-refractivity contribution in [3.8, 4) is 5.69 Å². The highest BCUT2D eigenvalue weighted by atomic mass is 19.1. The molecule has 6 nitrogen and oxygen atoms in total. The minimum Gasteiger partial charge on any atom is -0.367 e. The molecule has 5 rings (SSSR count). The first-order chi connectivity index (χ1) is 16.5. The summed E-state index contributed by atoms with van der Waals surface area (Å²) in [6.07, 6.45) is 0.980. The maximum absolute atomic E-state index is 14.3. The highest BCUT2D eigenvalue weighted by molar-refractivity contribution is 6.03. The van der Waals surface area contributed by atoms with E-state index in [1.807, 2.05) is 30.3 Å². The van der Waals surface area contributed by atoms with Crippen molar-refractivity contribution in [2.45, 2.75) is 19.9 Å². The summed E-state index contributed by atoms with van der Waals surface area (Å²) in [5, 5.41) is 7.05. The number of para-hydroxylation sites is 3. The van der Waals surface area contributed by atoms with Gasteiger partial charge in [-0.15, -0.1) is 0 Å². The van der Waals surface area contributed by atoms with E-state index in [-0.39, 0.29) is 11.4 Å². The van der Waals surface area contributed by atoms with E-state index >= 15 is 0 Å². The van der Waals surface area contributed by atoms with E-state index in [1.165, 1.54) is 28.1 Å². The number of aryl methyl sites for hydroxylation is 1. The van der Waals surface area contributed by atoms with Gasteiger partial charge in [-0.3, -0.25) is 9.59 Å². The minimum atomic E-state index is -0.635. The summed E-state index contributed by atoms with van der Waals surface area (Å²) >= 11 is 0. The Morgan fingerprint density at radius 3 is 2.53 bits per heavy atom. The molecule has 1 aliphatic heterocycles. The van der Waals surface area contributed by atoms with E-state index in [9.17, 15) is 14.0 Å². The molecule has 0 saturated heterocycles. The van der Waals surface area contributed by atoms with Gasteiger partial charge in [0.15, 0.2) is 5.69 Å². The van der Waals surface area contributed by atoms with Crippen molar-refractivity contribution in [2.75, 3.05) is 16.8 Å². The quantitative estimate of drug-likeness (QED) is 0.482. The fourth-order valence-electron chi connectivity index (χ4n) is 4.31. The standard InChI is InChI=1S/C27H23FN4O2/c1-18-16-25(33)26(30-32(18)24-13-7-4-10-21(24)28)27(34)29-22-11-5-2-9-20(22)17-31-15-14-19-8-3-6-12-23(19)31/h2-13,16H,14-15,17H2,1H3,(H,29,34). The summed E-state index contributed by atoms with van der Waals surface area (Å²) in [4.78, 5) is 28.0. The molecular weight excluding hydrogens is 431 g/mol. The Morgan fingerprint density at radius 2 is 1.71 bits per heavy atom. The Morgan fingerprint density at radius 1 is 1.00 bits per heavy atom. The molecule has 0 bridgehead atoms. The first-order valence-electron chi connectivity index (χ1n) is 11.1. The average Bonchev–Trinajstić information content (AvgIpc) is 3.24. The van der Waals surface area contributed by atoms with Crippen LogP contribution in [0.3, 0.4) is 0 Å². The van der Waals surface area contributed by atoms with Crippen molar-refractivity contribution in [2.24, 2.45) is 0 Å². The first-order valence-corrected chi connectivity index (χ1v) is 11.1. The third-order valence-electron chi connectivity index (χ3n) is 6.01. The van der Waals surface area contributed by atoms with Crippen LogP contribution in [0.15, 0.2) is 83.7 Å². The van der Waals surface area contributed by atoms with Crippen molar-refractivity contribution < 1.29 is 9.18 Å². The van der Waals surface area contributed by atoms with E-state index in [1.54, 1.807) is 31.2 Å². The van der Waals surface area contributed by atoms with Crippen molar-refractivity contribution >= 4 is 17.3 Å². The maximum Gasteiger partial charge on any atom is 0.280 e. The zero-order valence-electron chi connectivity index (χ0n) is 18.7.